The van der Waals surface area contributed by atoms with Gasteiger partial charge in [-0.15, -0.1) is 6.42 Å². The van der Waals surface area contributed by atoms with E-state index in [1.807, 2.05) is 42.5 Å². The number of fused-ring (bicyclic) bond motifs is 1. The zero-order chi connectivity index (χ0) is 40.1. The minimum atomic E-state index is -0.499. The fourth-order valence-corrected chi connectivity index (χ4v) is 6.25. The van der Waals surface area contributed by atoms with Gasteiger partial charge in [0.1, 0.15) is 17.3 Å². The highest BCUT2D eigenvalue weighted by Gasteiger charge is 2.32. The SMILES string of the molecule is C#Cc1cc(Nc2cc(OC3=CC=C(NC(=O)NC4=CC(C(C)(C)C)CC(C(N)=O)=C4)C4C=CC=CC34)ccn2)cc(C(=O)NCCOCCOCCOC)c1. The number of rotatable bonds is 17. The Labute approximate surface area is 328 Å². The predicted molar refractivity (Wildman–Crippen MR) is 214 cm³/mol. The van der Waals surface area contributed by atoms with E-state index >= 15 is 0 Å². The van der Waals surface area contributed by atoms with Crippen LogP contribution in [0.2, 0.25) is 0 Å². The molecule has 0 aliphatic heterocycles. The Hall–Kier alpha value is -5.94. The molecule has 4 amide bonds. The van der Waals surface area contributed by atoms with Gasteiger partial charge in [0.25, 0.3) is 5.91 Å². The van der Waals surface area contributed by atoms with Crippen LogP contribution in [0, 0.1) is 35.5 Å². The normalized spacial score (nSPS) is 18.6. The number of primary amides is 1. The van der Waals surface area contributed by atoms with Crippen LogP contribution in [-0.2, 0) is 19.0 Å². The molecule has 3 atom stereocenters. The van der Waals surface area contributed by atoms with Crippen molar-refractivity contribution in [3.05, 3.63) is 119 Å². The highest BCUT2D eigenvalue weighted by Crippen LogP contribution is 2.38. The molecule has 5 rings (SSSR count). The molecule has 294 valence electrons. The van der Waals surface area contributed by atoms with Gasteiger partial charge in [-0.1, -0.05) is 57.1 Å². The molecule has 3 aliphatic rings. The maximum atomic E-state index is 13.3. The molecular weight excluding hydrogens is 713 g/mol. The molecule has 0 spiro atoms. The van der Waals surface area contributed by atoms with Gasteiger partial charge in [0, 0.05) is 71.5 Å². The number of aromatic nitrogens is 1. The lowest BCUT2D eigenvalue weighted by atomic mass is 9.74. The van der Waals surface area contributed by atoms with Gasteiger partial charge in [0.05, 0.1) is 33.0 Å². The van der Waals surface area contributed by atoms with Gasteiger partial charge in [-0.05, 0) is 60.2 Å². The van der Waals surface area contributed by atoms with Crippen molar-refractivity contribution < 1.29 is 33.3 Å². The summed E-state index contributed by atoms with van der Waals surface area (Å²) in [5.41, 5.74) is 8.66. The second-order valence-electron chi connectivity index (χ2n) is 14.4. The van der Waals surface area contributed by atoms with Crippen molar-refractivity contribution in [1.82, 2.24) is 20.9 Å². The number of pyridine rings is 1. The second-order valence-corrected chi connectivity index (χ2v) is 14.4. The Balaban J connectivity index is 1.21. The maximum Gasteiger partial charge on any atom is 0.323 e. The van der Waals surface area contributed by atoms with Crippen LogP contribution >= 0.6 is 0 Å². The number of nitrogens with zero attached hydrogens (tertiary/aromatic N) is 1. The standard InChI is InChI=1S/C43H50N6O7/c1-6-28-21-30(41(51)46-15-16-54-19-20-55-18-17-53-5)25-32(22-28)47-39-27-34(13-14-45-39)56-38-12-11-37(35-9-7-8-10-36(35)38)49-42(52)48-33-24-29(40(44)50)23-31(26-33)43(2,3)4/h1,7-14,21-22,24-27,31,35-36H,15-20,23H2,2-5H3,(H2,44,50)(H,45,47)(H,46,51)(H2,48,49,52). The Morgan fingerprint density at radius 2 is 1.71 bits per heavy atom. The number of amides is 4. The lowest BCUT2D eigenvalue weighted by molar-refractivity contribution is -0.114. The number of hydrogen-bond acceptors (Lipinski definition) is 9. The van der Waals surface area contributed by atoms with Crippen LogP contribution in [0.3, 0.4) is 0 Å². The first-order valence-corrected chi connectivity index (χ1v) is 18.5. The number of methoxy groups -OCH3 is 1. The van der Waals surface area contributed by atoms with Gasteiger partial charge >= 0.3 is 6.03 Å². The van der Waals surface area contributed by atoms with Crippen LogP contribution in [0.15, 0.2) is 108 Å². The number of hydrogen-bond donors (Lipinski definition) is 5. The molecule has 1 aromatic heterocycles. The largest absolute Gasteiger partial charge is 0.461 e. The molecular formula is C43H50N6O7. The van der Waals surface area contributed by atoms with Gasteiger partial charge in [-0.25, -0.2) is 9.78 Å². The quantitative estimate of drug-likeness (QED) is 0.105. The molecule has 13 nitrogen and oxygen atoms in total. The molecule has 1 aromatic carbocycles. The van der Waals surface area contributed by atoms with Gasteiger partial charge in [0.15, 0.2) is 0 Å². The molecule has 0 saturated heterocycles. The van der Waals surface area contributed by atoms with Gasteiger partial charge in [-0.2, -0.15) is 0 Å². The van der Waals surface area contributed by atoms with Crippen LogP contribution in [0.4, 0.5) is 16.3 Å². The highest BCUT2D eigenvalue weighted by molar-refractivity contribution is 5.96. The fourth-order valence-electron chi connectivity index (χ4n) is 6.25. The molecule has 6 N–H and O–H groups in total. The molecule has 1 heterocycles. The molecule has 3 unspecified atom stereocenters. The molecule has 3 aliphatic carbocycles. The predicted octanol–water partition coefficient (Wildman–Crippen LogP) is 5.40. The van der Waals surface area contributed by atoms with Crippen LogP contribution < -0.4 is 31.7 Å². The van der Waals surface area contributed by atoms with E-state index in [9.17, 15) is 14.4 Å². The van der Waals surface area contributed by atoms with E-state index in [0.29, 0.717) is 97.1 Å². The van der Waals surface area contributed by atoms with E-state index < -0.39 is 11.9 Å². The first-order chi connectivity index (χ1) is 26.9. The van der Waals surface area contributed by atoms with Crippen molar-refractivity contribution in [1.29, 1.82) is 0 Å². The number of nitrogens with one attached hydrogen (secondary N) is 4. The summed E-state index contributed by atoms with van der Waals surface area (Å²) >= 11 is 0. The summed E-state index contributed by atoms with van der Waals surface area (Å²) in [6.45, 7) is 8.78. The Bertz CT molecular complexity index is 2000. The lowest BCUT2D eigenvalue weighted by Gasteiger charge is -2.32. The van der Waals surface area contributed by atoms with Crippen LogP contribution in [-0.4, -0.2) is 69.5 Å². The third kappa shape index (κ3) is 11.8. The molecule has 0 radical (unpaired) electrons. The Kier molecular flexibility index (Phi) is 14.4. The number of nitrogens with two attached hydrogens (primary N) is 1. The third-order valence-corrected chi connectivity index (χ3v) is 9.28. The smallest absolute Gasteiger partial charge is 0.323 e. The van der Waals surface area contributed by atoms with Crippen molar-refractivity contribution in [2.75, 3.05) is 52.0 Å². The lowest BCUT2D eigenvalue weighted by Crippen LogP contribution is -2.39. The molecule has 56 heavy (non-hydrogen) atoms. The zero-order valence-corrected chi connectivity index (χ0v) is 32.2. The van der Waals surface area contributed by atoms with E-state index in [2.05, 4.69) is 52.9 Å². The zero-order valence-electron chi connectivity index (χ0n) is 32.2. The average molecular weight is 763 g/mol. The number of carbonyl (C=O) groups is 3. The van der Waals surface area contributed by atoms with Crippen LogP contribution in [0.5, 0.6) is 5.75 Å². The molecule has 0 bridgehead atoms. The molecule has 2 aromatic rings. The minimum Gasteiger partial charge on any atom is -0.461 e. The summed E-state index contributed by atoms with van der Waals surface area (Å²) in [6.07, 6.45) is 23.0. The third-order valence-electron chi connectivity index (χ3n) is 9.28. The first kappa shape index (κ1) is 41.2. The van der Waals surface area contributed by atoms with E-state index in [4.69, 9.17) is 31.1 Å². The summed E-state index contributed by atoms with van der Waals surface area (Å²) in [5.74, 6) is 3.12. The van der Waals surface area contributed by atoms with E-state index in [0.717, 1.165) is 0 Å². The number of urea groups is 1. The number of allylic oxidation sites excluding steroid dienone is 8. The average Bonchev–Trinajstić information content (AvgIpc) is 3.17. The van der Waals surface area contributed by atoms with Gasteiger partial charge in [0.2, 0.25) is 5.91 Å². The summed E-state index contributed by atoms with van der Waals surface area (Å²) in [4.78, 5) is 42.7. The molecule has 0 fully saturated rings. The molecule has 0 saturated carbocycles. The van der Waals surface area contributed by atoms with Crippen molar-refractivity contribution in [2.45, 2.75) is 27.2 Å². The number of benzene rings is 1. The van der Waals surface area contributed by atoms with Crippen molar-refractivity contribution in [2.24, 2.45) is 28.9 Å². The summed E-state index contributed by atoms with van der Waals surface area (Å²) in [5, 5.41) is 12.0. The number of ether oxygens (including phenoxy) is 4. The summed E-state index contributed by atoms with van der Waals surface area (Å²) in [7, 11) is 1.61. The van der Waals surface area contributed by atoms with Crippen LogP contribution in [0.25, 0.3) is 0 Å². The van der Waals surface area contributed by atoms with Crippen LogP contribution in [0.1, 0.15) is 43.1 Å². The minimum absolute atomic E-state index is 0.0259. The number of anilines is 2. The number of carbonyl (C=O) groups excluding carboxylic acids is 3. The maximum absolute atomic E-state index is 13.3. The topological polar surface area (TPSA) is 175 Å². The summed E-state index contributed by atoms with van der Waals surface area (Å²) < 4.78 is 22.2. The van der Waals surface area contributed by atoms with Gasteiger partial charge < -0.3 is 45.9 Å². The van der Waals surface area contributed by atoms with Crippen molar-refractivity contribution in [3.63, 3.8) is 0 Å². The second kappa shape index (κ2) is 19.6. The highest BCUT2D eigenvalue weighted by atomic mass is 16.5. The fraction of sp³-hybridized carbons (Fsp3) is 0.349. The van der Waals surface area contributed by atoms with E-state index in [1.165, 1.54) is 0 Å². The van der Waals surface area contributed by atoms with Crippen molar-refractivity contribution >= 4 is 29.4 Å². The molecule has 13 heteroatoms. The monoisotopic (exact) mass is 762 g/mol. The van der Waals surface area contributed by atoms with E-state index in [1.54, 1.807) is 49.7 Å². The Morgan fingerprint density at radius 1 is 0.964 bits per heavy atom. The van der Waals surface area contributed by atoms with E-state index in [-0.39, 0.29) is 29.1 Å². The Morgan fingerprint density at radius 3 is 2.45 bits per heavy atom. The van der Waals surface area contributed by atoms with Gasteiger partial charge in [-0.3, -0.25) is 9.59 Å². The van der Waals surface area contributed by atoms with Crippen molar-refractivity contribution in [3.8, 4) is 18.1 Å². The number of terminal acetylenes is 1. The first-order valence-electron chi connectivity index (χ1n) is 18.5. The summed E-state index contributed by atoms with van der Waals surface area (Å²) in [6, 6.07) is 8.15.